The lowest BCUT2D eigenvalue weighted by Gasteiger charge is -2.27. The second-order valence-corrected chi connectivity index (χ2v) is 12.0. The number of hydrogen-bond acceptors (Lipinski definition) is 0. The van der Waals surface area contributed by atoms with Crippen molar-refractivity contribution < 1.29 is 0 Å². The van der Waals surface area contributed by atoms with Crippen LogP contribution in [-0.2, 0) is 5.33 Å². The maximum absolute atomic E-state index is 3.54. The molecule has 0 saturated carbocycles. The molecule has 0 N–H and O–H groups in total. The molecule has 5 rings (SSSR count). The summed E-state index contributed by atoms with van der Waals surface area (Å²) < 4.78 is 0. The van der Waals surface area contributed by atoms with Crippen LogP contribution in [0.2, 0.25) is 0 Å². The van der Waals surface area contributed by atoms with Gasteiger partial charge in [0.05, 0.1) is 0 Å². The fourth-order valence-electron chi connectivity index (χ4n) is 4.51. The van der Waals surface area contributed by atoms with E-state index < -0.39 is 7.26 Å². The highest BCUT2D eigenvalue weighted by molar-refractivity contribution is 9.08. The molecule has 0 amide bonds. The van der Waals surface area contributed by atoms with E-state index in [1.165, 1.54) is 37.9 Å². The summed E-state index contributed by atoms with van der Waals surface area (Å²) in [5.74, 6) is 0. The lowest BCUT2D eigenvalue weighted by atomic mass is 10.0. The molecule has 0 aliphatic carbocycles. The minimum Gasteiger partial charge on any atom is -0.0876 e. The van der Waals surface area contributed by atoms with Gasteiger partial charge in [-0.3, -0.25) is 0 Å². The lowest BCUT2D eigenvalue weighted by molar-refractivity contribution is 1.44. The van der Waals surface area contributed by atoms with E-state index in [-0.39, 0.29) is 0 Å². The standard InChI is InChI=1S/C31H25BrP/c32-24-25-16-18-26(19-17-25)27-20-22-31(23-21-27)33(28-10-4-1-5-11-28,29-12-6-2-7-13-29)30-14-8-3-9-15-30/h1-23H,24H2/q+1. The van der Waals surface area contributed by atoms with Gasteiger partial charge in [0, 0.05) is 5.33 Å². The van der Waals surface area contributed by atoms with Crippen molar-refractivity contribution in [3.05, 3.63) is 145 Å². The smallest absolute Gasteiger partial charge is 0.0876 e. The molecule has 0 aliphatic rings. The third-order valence-electron chi connectivity index (χ3n) is 6.13. The summed E-state index contributed by atoms with van der Waals surface area (Å²) >= 11 is 3.54. The topological polar surface area (TPSA) is 0 Å². The van der Waals surface area contributed by atoms with Crippen LogP contribution in [0, 0.1) is 0 Å². The highest BCUT2D eigenvalue weighted by Crippen LogP contribution is 2.54. The van der Waals surface area contributed by atoms with Gasteiger partial charge in [-0.1, -0.05) is 107 Å². The summed E-state index contributed by atoms with van der Waals surface area (Å²) in [4.78, 5) is 0. The van der Waals surface area contributed by atoms with Gasteiger partial charge in [0.1, 0.15) is 28.5 Å². The molecule has 160 valence electrons. The Balaban J connectivity index is 1.72. The quantitative estimate of drug-likeness (QED) is 0.174. The van der Waals surface area contributed by atoms with Crippen LogP contribution >= 0.6 is 23.2 Å². The van der Waals surface area contributed by atoms with Crippen LogP contribution in [0.15, 0.2) is 140 Å². The molecule has 0 spiro atoms. The molecule has 0 unspecified atom stereocenters. The van der Waals surface area contributed by atoms with Crippen molar-refractivity contribution in [2.24, 2.45) is 0 Å². The van der Waals surface area contributed by atoms with Crippen molar-refractivity contribution in [1.29, 1.82) is 0 Å². The Labute approximate surface area is 205 Å². The number of benzene rings is 5. The van der Waals surface area contributed by atoms with E-state index in [9.17, 15) is 0 Å². The number of hydrogen-bond donors (Lipinski definition) is 0. The van der Waals surface area contributed by atoms with E-state index in [0.29, 0.717) is 0 Å². The van der Waals surface area contributed by atoms with Gasteiger partial charge in [0.2, 0.25) is 0 Å². The summed E-state index contributed by atoms with van der Waals surface area (Å²) in [5, 5.41) is 6.36. The molecule has 5 aromatic carbocycles. The van der Waals surface area contributed by atoms with E-state index >= 15 is 0 Å². The molecule has 0 bridgehead atoms. The van der Waals surface area contributed by atoms with Crippen LogP contribution < -0.4 is 21.2 Å². The minimum atomic E-state index is -2.04. The molecule has 0 aromatic heterocycles. The first kappa shape index (κ1) is 21.8. The van der Waals surface area contributed by atoms with E-state index in [0.717, 1.165) is 5.33 Å². The fraction of sp³-hybridized carbons (Fsp3) is 0.0323. The normalized spacial score (nSPS) is 11.3. The lowest BCUT2D eigenvalue weighted by Crippen LogP contribution is -2.38. The monoisotopic (exact) mass is 507 g/mol. The molecule has 0 nitrogen and oxygen atoms in total. The molecule has 0 radical (unpaired) electrons. The van der Waals surface area contributed by atoms with Crippen LogP contribution in [-0.4, -0.2) is 0 Å². The molecule has 0 heterocycles. The second kappa shape index (κ2) is 9.87. The maximum Gasteiger partial charge on any atom is 0.144 e. The van der Waals surface area contributed by atoms with Gasteiger partial charge in [0.15, 0.2) is 0 Å². The average Bonchev–Trinajstić information content (AvgIpc) is 2.91. The maximum atomic E-state index is 3.54. The molecular weight excluding hydrogens is 483 g/mol. The number of alkyl halides is 1. The zero-order valence-electron chi connectivity index (χ0n) is 18.3. The van der Waals surface area contributed by atoms with Gasteiger partial charge in [-0.15, -0.1) is 0 Å². The Morgan fingerprint density at radius 3 is 1.09 bits per heavy atom. The van der Waals surface area contributed by atoms with E-state index in [4.69, 9.17) is 0 Å². The molecule has 0 saturated heterocycles. The predicted octanol–water partition coefficient (Wildman–Crippen LogP) is 6.87. The van der Waals surface area contributed by atoms with Crippen molar-refractivity contribution >= 4 is 44.4 Å². The zero-order chi connectivity index (χ0) is 22.5. The molecule has 0 aliphatic heterocycles. The van der Waals surface area contributed by atoms with Crippen LogP contribution in [0.25, 0.3) is 11.1 Å². The van der Waals surface area contributed by atoms with E-state index in [2.05, 4.69) is 155 Å². The van der Waals surface area contributed by atoms with Gasteiger partial charge in [-0.05, 0) is 65.2 Å². The number of halogens is 1. The van der Waals surface area contributed by atoms with Gasteiger partial charge in [-0.2, -0.15) is 0 Å². The summed E-state index contributed by atoms with van der Waals surface area (Å²) in [7, 11) is -2.04. The van der Waals surface area contributed by atoms with Crippen molar-refractivity contribution in [3.8, 4) is 11.1 Å². The Hall–Kier alpha value is -2.99. The van der Waals surface area contributed by atoms with Crippen molar-refractivity contribution in [1.82, 2.24) is 0 Å². The van der Waals surface area contributed by atoms with Gasteiger partial charge in [-0.25, -0.2) is 0 Å². The van der Waals surface area contributed by atoms with Gasteiger partial charge < -0.3 is 0 Å². The van der Waals surface area contributed by atoms with Crippen LogP contribution in [0.1, 0.15) is 5.56 Å². The third-order valence-corrected chi connectivity index (χ3v) is 11.1. The largest absolute Gasteiger partial charge is 0.144 e. The van der Waals surface area contributed by atoms with Crippen molar-refractivity contribution in [2.45, 2.75) is 5.33 Å². The summed E-state index contributed by atoms with van der Waals surface area (Å²) in [6.45, 7) is 0. The summed E-state index contributed by atoms with van der Waals surface area (Å²) in [6.07, 6.45) is 0. The van der Waals surface area contributed by atoms with Crippen LogP contribution in [0.3, 0.4) is 0 Å². The predicted molar refractivity (Wildman–Crippen MR) is 149 cm³/mol. The first-order chi connectivity index (χ1) is 16.3. The Kier molecular flexibility index (Phi) is 6.53. The van der Waals surface area contributed by atoms with Crippen molar-refractivity contribution in [2.75, 3.05) is 0 Å². The summed E-state index contributed by atoms with van der Waals surface area (Å²) in [6, 6.07) is 51.1. The molecular formula is C31H25BrP+. The van der Waals surface area contributed by atoms with Gasteiger partial charge in [0.25, 0.3) is 0 Å². The zero-order valence-corrected chi connectivity index (χ0v) is 20.8. The molecule has 33 heavy (non-hydrogen) atoms. The Bertz CT molecular complexity index is 1200. The van der Waals surface area contributed by atoms with E-state index in [1.54, 1.807) is 0 Å². The van der Waals surface area contributed by atoms with Crippen LogP contribution in [0.5, 0.6) is 0 Å². The first-order valence-corrected chi connectivity index (χ1v) is 14.1. The van der Waals surface area contributed by atoms with Crippen LogP contribution in [0.4, 0.5) is 0 Å². The fourth-order valence-corrected chi connectivity index (χ4v) is 9.13. The first-order valence-electron chi connectivity index (χ1n) is 11.1. The Morgan fingerprint density at radius 2 is 0.727 bits per heavy atom. The molecule has 0 fully saturated rings. The minimum absolute atomic E-state index is 0.879. The molecule has 0 atom stereocenters. The average molecular weight is 508 g/mol. The number of rotatable bonds is 6. The van der Waals surface area contributed by atoms with Crippen molar-refractivity contribution in [3.63, 3.8) is 0 Å². The third kappa shape index (κ3) is 4.20. The highest BCUT2D eigenvalue weighted by Gasteiger charge is 2.47. The molecule has 5 aromatic rings. The highest BCUT2D eigenvalue weighted by atomic mass is 79.9. The summed E-state index contributed by atoms with van der Waals surface area (Å²) in [5.41, 5.74) is 3.78. The van der Waals surface area contributed by atoms with E-state index in [1.807, 2.05) is 0 Å². The molecule has 2 heteroatoms. The SMILES string of the molecule is BrCc1ccc(-c2ccc([P+](c3ccccc3)(c3ccccc3)c3ccccc3)cc2)cc1. The second-order valence-electron chi connectivity index (χ2n) is 8.05. The Morgan fingerprint density at radius 1 is 0.394 bits per heavy atom. The van der Waals surface area contributed by atoms with Gasteiger partial charge >= 0.3 is 0 Å².